The maximum absolute atomic E-state index is 13.1. The Balaban J connectivity index is 0.00000210. The molecule has 1 aliphatic rings. The van der Waals surface area contributed by atoms with E-state index in [0.29, 0.717) is 6.04 Å². The van der Waals surface area contributed by atoms with Crippen LogP contribution in [-0.4, -0.2) is 57.1 Å². The van der Waals surface area contributed by atoms with Crippen LogP contribution in [0.3, 0.4) is 0 Å². The zero-order valence-corrected chi connectivity index (χ0v) is 16.0. The maximum atomic E-state index is 13.1. The van der Waals surface area contributed by atoms with Crippen LogP contribution in [0.4, 0.5) is 4.39 Å². The second-order valence-corrected chi connectivity index (χ2v) is 6.60. The molecule has 1 fully saturated rings. The van der Waals surface area contributed by atoms with Gasteiger partial charge in [0.2, 0.25) is 0 Å². The Labute approximate surface area is 164 Å². The molecule has 0 aliphatic carbocycles. The van der Waals surface area contributed by atoms with Crippen molar-refractivity contribution in [1.29, 1.82) is 0 Å². The molecule has 6 nitrogen and oxygen atoms in total. The number of aromatic nitrogens is 4. The molecule has 144 valence electrons. The highest BCUT2D eigenvalue weighted by atomic mass is 35.5. The van der Waals surface area contributed by atoms with E-state index < -0.39 is 0 Å². The topological polar surface area (TPSA) is 48.1 Å². The van der Waals surface area contributed by atoms with Gasteiger partial charge in [0.05, 0.1) is 43.3 Å². The molecular formula is C19H23ClFN5O. The molecule has 0 saturated carbocycles. The van der Waals surface area contributed by atoms with E-state index in [1.807, 2.05) is 24.9 Å². The number of benzene rings is 1. The summed E-state index contributed by atoms with van der Waals surface area (Å²) in [5.74, 6) is -0.254. The lowest BCUT2D eigenvalue weighted by Gasteiger charge is -2.30. The van der Waals surface area contributed by atoms with Gasteiger partial charge in [-0.15, -0.1) is 12.4 Å². The van der Waals surface area contributed by atoms with Gasteiger partial charge in [-0.25, -0.2) is 14.1 Å². The van der Waals surface area contributed by atoms with Crippen molar-refractivity contribution in [3.8, 4) is 16.9 Å². The fourth-order valence-electron chi connectivity index (χ4n) is 3.31. The first-order valence-electron chi connectivity index (χ1n) is 8.83. The maximum Gasteiger partial charge on any atom is 0.123 e. The first kappa shape index (κ1) is 19.5. The minimum absolute atomic E-state index is 0. The van der Waals surface area contributed by atoms with E-state index in [-0.39, 0.29) is 18.2 Å². The van der Waals surface area contributed by atoms with E-state index >= 15 is 0 Å². The lowest BCUT2D eigenvalue weighted by molar-refractivity contribution is 0.0326. The number of hydrogen-bond acceptors (Lipinski definition) is 4. The number of imidazole rings is 1. The number of rotatable bonds is 5. The van der Waals surface area contributed by atoms with Crippen LogP contribution >= 0.6 is 12.4 Å². The van der Waals surface area contributed by atoms with Crippen LogP contribution in [-0.2, 0) is 4.74 Å². The van der Waals surface area contributed by atoms with Gasteiger partial charge in [0.15, 0.2) is 0 Å². The summed E-state index contributed by atoms with van der Waals surface area (Å²) in [4.78, 5) is 6.76. The van der Waals surface area contributed by atoms with Gasteiger partial charge in [-0.1, -0.05) is 0 Å². The molecule has 1 unspecified atom stereocenters. The summed E-state index contributed by atoms with van der Waals surface area (Å²) in [5, 5.41) is 4.41. The summed E-state index contributed by atoms with van der Waals surface area (Å²) in [6.07, 6.45) is 7.50. The first-order valence-corrected chi connectivity index (χ1v) is 8.83. The average Bonchev–Trinajstić information content (AvgIpc) is 3.32. The Morgan fingerprint density at radius 1 is 1.15 bits per heavy atom. The minimum Gasteiger partial charge on any atom is -0.379 e. The summed E-state index contributed by atoms with van der Waals surface area (Å²) >= 11 is 0. The van der Waals surface area contributed by atoms with Crippen molar-refractivity contribution in [2.24, 2.45) is 0 Å². The Hall–Kier alpha value is -2.22. The summed E-state index contributed by atoms with van der Waals surface area (Å²) in [6, 6.07) is 6.59. The summed E-state index contributed by atoms with van der Waals surface area (Å²) in [6.45, 7) is 6.69. The molecule has 3 heterocycles. The van der Waals surface area contributed by atoms with Gasteiger partial charge in [0.25, 0.3) is 0 Å². The van der Waals surface area contributed by atoms with Crippen LogP contribution in [0.2, 0.25) is 0 Å². The molecule has 0 radical (unpaired) electrons. The van der Waals surface area contributed by atoms with Crippen molar-refractivity contribution in [3.63, 3.8) is 0 Å². The Kier molecular flexibility index (Phi) is 6.26. The molecular weight excluding hydrogens is 369 g/mol. The summed E-state index contributed by atoms with van der Waals surface area (Å²) < 4.78 is 22.5. The highest BCUT2D eigenvalue weighted by Crippen LogP contribution is 2.24. The van der Waals surface area contributed by atoms with E-state index in [4.69, 9.17) is 4.74 Å². The fourth-order valence-corrected chi connectivity index (χ4v) is 3.31. The predicted octanol–water partition coefficient (Wildman–Crippen LogP) is 3.19. The highest BCUT2D eigenvalue weighted by molar-refractivity contribution is 5.85. The molecule has 4 rings (SSSR count). The van der Waals surface area contributed by atoms with E-state index in [1.165, 1.54) is 12.1 Å². The minimum atomic E-state index is -0.254. The van der Waals surface area contributed by atoms with Gasteiger partial charge < -0.3 is 9.30 Å². The van der Waals surface area contributed by atoms with Crippen molar-refractivity contribution in [2.75, 3.05) is 32.8 Å². The van der Waals surface area contributed by atoms with Crippen LogP contribution in [0.1, 0.15) is 13.0 Å². The number of ether oxygens (including phenoxy) is 1. The normalized spacial score (nSPS) is 16.1. The van der Waals surface area contributed by atoms with Crippen LogP contribution in [0.15, 0.2) is 49.2 Å². The third-order valence-electron chi connectivity index (χ3n) is 4.74. The van der Waals surface area contributed by atoms with Crippen molar-refractivity contribution < 1.29 is 9.13 Å². The van der Waals surface area contributed by atoms with Crippen molar-refractivity contribution in [3.05, 3.63) is 55.0 Å². The molecule has 0 N–H and O–H groups in total. The van der Waals surface area contributed by atoms with Crippen LogP contribution in [0, 0.1) is 5.82 Å². The van der Waals surface area contributed by atoms with Crippen LogP contribution in [0.25, 0.3) is 16.9 Å². The van der Waals surface area contributed by atoms with Crippen LogP contribution in [0.5, 0.6) is 0 Å². The fraction of sp³-hybridized carbons (Fsp3) is 0.368. The molecule has 1 aromatic carbocycles. The summed E-state index contributed by atoms with van der Waals surface area (Å²) in [5.41, 5.74) is 2.84. The van der Waals surface area contributed by atoms with Crippen molar-refractivity contribution in [2.45, 2.75) is 13.0 Å². The second-order valence-electron chi connectivity index (χ2n) is 6.60. The Morgan fingerprint density at radius 3 is 2.63 bits per heavy atom. The highest BCUT2D eigenvalue weighted by Gasteiger charge is 2.18. The van der Waals surface area contributed by atoms with Gasteiger partial charge in [-0.2, -0.15) is 5.10 Å². The molecule has 1 atom stereocenters. The quantitative estimate of drug-likeness (QED) is 0.670. The lowest BCUT2D eigenvalue weighted by atomic mass is 10.2. The number of halogens is 2. The average molecular weight is 392 g/mol. The van der Waals surface area contributed by atoms with E-state index in [0.717, 1.165) is 49.8 Å². The molecule has 0 amide bonds. The lowest BCUT2D eigenvalue weighted by Crippen LogP contribution is -2.39. The molecule has 0 bridgehead atoms. The SMILES string of the molecule is CC(CN1CCOCC1)n1cncc1-c1cnn(-c2ccc(F)cc2)c1.Cl. The van der Waals surface area contributed by atoms with Gasteiger partial charge in [0.1, 0.15) is 5.82 Å². The van der Waals surface area contributed by atoms with Gasteiger partial charge in [-0.3, -0.25) is 4.90 Å². The van der Waals surface area contributed by atoms with E-state index in [1.54, 1.807) is 16.8 Å². The molecule has 1 aliphatic heterocycles. The number of hydrogen-bond donors (Lipinski definition) is 0. The number of nitrogens with zero attached hydrogens (tertiary/aromatic N) is 5. The Bertz CT molecular complexity index is 857. The third-order valence-corrected chi connectivity index (χ3v) is 4.74. The molecule has 8 heteroatoms. The smallest absolute Gasteiger partial charge is 0.123 e. The van der Waals surface area contributed by atoms with Crippen LogP contribution < -0.4 is 0 Å². The van der Waals surface area contributed by atoms with E-state index in [2.05, 4.69) is 26.5 Å². The van der Waals surface area contributed by atoms with Crippen molar-refractivity contribution in [1.82, 2.24) is 24.2 Å². The van der Waals surface area contributed by atoms with Gasteiger partial charge >= 0.3 is 0 Å². The molecule has 27 heavy (non-hydrogen) atoms. The van der Waals surface area contributed by atoms with Gasteiger partial charge in [0, 0.05) is 37.4 Å². The van der Waals surface area contributed by atoms with Gasteiger partial charge in [-0.05, 0) is 31.2 Å². The monoisotopic (exact) mass is 391 g/mol. The molecule has 1 saturated heterocycles. The largest absolute Gasteiger partial charge is 0.379 e. The third kappa shape index (κ3) is 4.37. The predicted molar refractivity (Wildman–Crippen MR) is 104 cm³/mol. The Morgan fingerprint density at radius 2 is 1.89 bits per heavy atom. The standard InChI is InChI=1S/C19H22FN5O.ClH/c1-15(12-23-6-8-26-9-7-23)24-14-21-11-19(24)16-10-22-25(13-16)18-4-2-17(20)3-5-18;/h2-5,10-11,13-15H,6-9,12H2,1H3;1H. The molecule has 0 spiro atoms. The zero-order valence-electron chi connectivity index (χ0n) is 15.2. The summed E-state index contributed by atoms with van der Waals surface area (Å²) in [7, 11) is 0. The van der Waals surface area contributed by atoms with Crippen molar-refractivity contribution >= 4 is 12.4 Å². The number of morpholine rings is 1. The molecule has 3 aromatic rings. The zero-order chi connectivity index (χ0) is 17.9. The second kappa shape index (κ2) is 8.65. The van der Waals surface area contributed by atoms with E-state index in [9.17, 15) is 4.39 Å². The molecule has 2 aromatic heterocycles. The first-order chi connectivity index (χ1) is 12.7.